The predicted molar refractivity (Wildman–Crippen MR) is 102 cm³/mol. The number of hydrogen-bond donors (Lipinski definition) is 1. The van der Waals surface area contributed by atoms with Crippen LogP contribution in [-0.2, 0) is 11.2 Å². The number of methoxy groups -OCH3 is 2. The van der Waals surface area contributed by atoms with E-state index in [2.05, 4.69) is 18.7 Å². The van der Waals surface area contributed by atoms with Gasteiger partial charge in [-0.3, -0.25) is 9.69 Å². The summed E-state index contributed by atoms with van der Waals surface area (Å²) < 4.78 is 10.7. The monoisotopic (exact) mass is 364 g/mol. The van der Waals surface area contributed by atoms with Crippen molar-refractivity contribution >= 4 is 5.91 Å². The van der Waals surface area contributed by atoms with E-state index in [-0.39, 0.29) is 25.0 Å². The standard InChI is InChI=1S/C20H32N2O4/c1-15(2)13-21-8-9-22(14-17(21)7-10-23)20(24)12-16-11-18(25-3)5-6-19(16)26-4/h5-6,11,15,17,23H,7-10,12-14H2,1-4H3/t17-/m0/s1. The Hall–Kier alpha value is -1.79. The molecule has 1 atom stereocenters. The summed E-state index contributed by atoms with van der Waals surface area (Å²) in [4.78, 5) is 17.2. The van der Waals surface area contributed by atoms with Crippen LogP contribution in [0.2, 0.25) is 0 Å². The molecule has 6 heteroatoms. The summed E-state index contributed by atoms with van der Waals surface area (Å²) in [7, 11) is 3.22. The number of benzene rings is 1. The number of aliphatic hydroxyl groups excluding tert-OH is 1. The van der Waals surface area contributed by atoms with Gasteiger partial charge in [0, 0.05) is 44.4 Å². The molecule has 0 aliphatic carbocycles. The van der Waals surface area contributed by atoms with E-state index in [0.717, 1.165) is 25.2 Å². The molecule has 1 aromatic rings. The van der Waals surface area contributed by atoms with Gasteiger partial charge in [-0.15, -0.1) is 0 Å². The van der Waals surface area contributed by atoms with Crippen LogP contribution in [0.1, 0.15) is 25.8 Å². The highest BCUT2D eigenvalue weighted by Gasteiger charge is 2.29. The fraction of sp³-hybridized carbons (Fsp3) is 0.650. The van der Waals surface area contributed by atoms with Crippen molar-refractivity contribution in [2.45, 2.75) is 32.7 Å². The third-order valence-electron chi connectivity index (χ3n) is 4.85. The maximum atomic E-state index is 12.9. The summed E-state index contributed by atoms with van der Waals surface area (Å²) in [6.45, 7) is 7.77. The molecule has 1 aliphatic heterocycles. The Labute approximate surface area is 156 Å². The van der Waals surface area contributed by atoms with E-state index < -0.39 is 0 Å². The van der Waals surface area contributed by atoms with Gasteiger partial charge >= 0.3 is 0 Å². The summed E-state index contributed by atoms with van der Waals surface area (Å²) in [5.74, 6) is 2.07. The van der Waals surface area contributed by atoms with E-state index in [9.17, 15) is 9.90 Å². The lowest BCUT2D eigenvalue weighted by atomic mass is 10.0. The van der Waals surface area contributed by atoms with Gasteiger partial charge in [-0.2, -0.15) is 0 Å². The Morgan fingerprint density at radius 2 is 2.04 bits per heavy atom. The van der Waals surface area contributed by atoms with Gasteiger partial charge in [0.05, 0.1) is 20.6 Å². The molecule has 0 unspecified atom stereocenters. The van der Waals surface area contributed by atoms with Crippen molar-refractivity contribution in [2.24, 2.45) is 5.92 Å². The number of nitrogens with zero attached hydrogens (tertiary/aromatic N) is 2. The first-order chi connectivity index (χ1) is 12.5. The van der Waals surface area contributed by atoms with Gasteiger partial charge in [0.1, 0.15) is 11.5 Å². The average molecular weight is 364 g/mol. The Balaban J connectivity index is 2.06. The average Bonchev–Trinajstić information content (AvgIpc) is 2.62. The third-order valence-corrected chi connectivity index (χ3v) is 4.85. The molecular formula is C20H32N2O4. The largest absolute Gasteiger partial charge is 0.497 e. The first kappa shape index (κ1) is 20.5. The zero-order valence-corrected chi connectivity index (χ0v) is 16.4. The van der Waals surface area contributed by atoms with Crippen LogP contribution in [-0.4, -0.2) is 73.9 Å². The highest BCUT2D eigenvalue weighted by Crippen LogP contribution is 2.25. The van der Waals surface area contributed by atoms with Crippen LogP contribution in [0.4, 0.5) is 0 Å². The van der Waals surface area contributed by atoms with Crippen LogP contribution in [0.25, 0.3) is 0 Å². The van der Waals surface area contributed by atoms with Gasteiger partial charge in [-0.05, 0) is 30.5 Å². The van der Waals surface area contributed by atoms with E-state index in [0.29, 0.717) is 30.4 Å². The van der Waals surface area contributed by atoms with Gasteiger partial charge in [-0.25, -0.2) is 0 Å². The van der Waals surface area contributed by atoms with E-state index in [1.165, 1.54) is 0 Å². The zero-order chi connectivity index (χ0) is 19.1. The van der Waals surface area contributed by atoms with Crippen molar-refractivity contribution in [2.75, 3.05) is 47.0 Å². The van der Waals surface area contributed by atoms with E-state index in [4.69, 9.17) is 9.47 Å². The molecule has 26 heavy (non-hydrogen) atoms. The van der Waals surface area contributed by atoms with Crippen LogP contribution in [0.15, 0.2) is 18.2 Å². The molecule has 1 aliphatic rings. The highest BCUT2D eigenvalue weighted by molar-refractivity contribution is 5.80. The number of piperazine rings is 1. The molecule has 0 saturated carbocycles. The number of hydrogen-bond acceptors (Lipinski definition) is 5. The molecule has 2 rings (SSSR count). The summed E-state index contributed by atoms with van der Waals surface area (Å²) in [5.41, 5.74) is 0.833. The fourth-order valence-electron chi connectivity index (χ4n) is 3.55. The summed E-state index contributed by atoms with van der Waals surface area (Å²) in [5, 5.41) is 9.40. The minimum atomic E-state index is 0.0867. The molecule has 1 heterocycles. The quantitative estimate of drug-likeness (QED) is 0.762. The Morgan fingerprint density at radius 3 is 2.65 bits per heavy atom. The first-order valence-corrected chi connectivity index (χ1v) is 9.32. The van der Waals surface area contributed by atoms with Gasteiger partial charge in [0.25, 0.3) is 0 Å². The lowest BCUT2D eigenvalue weighted by molar-refractivity contribution is -0.133. The minimum Gasteiger partial charge on any atom is -0.497 e. The van der Waals surface area contributed by atoms with Gasteiger partial charge in [-0.1, -0.05) is 13.8 Å². The molecule has 1 amide bonds. The van der Waals surface area contributed by atoms with Crippen molar-refractivity contribution in [3.05, 3.63) is 23.8 Å². The second-order valence-corrected chi connectivity index (χ2v) is 7.25. The van der Waals surface area contributed by atoms with Crippen LogP contribution in [0.3, 0.4) is 0 Å². The van der Waals surface area contributed by atoms with Crippen molar-refractivity contribution in [1.82, 2.24) is 9.80 Å². The number of carbonyl (C=O) groups excluding carboxylic acids is 1. The predicted octanol–water partition coefficient (Wildman–Crippen LogP) is 1.80. The number of aliphatic hydroxyl groups is 1. The SMILES string of the molecule is COc1ccc(OC)c(CC(=O)N2CCN(CC(C)C)[C@@H](CCO)C2)c1. The first-order valence-electron chi connectivity index (χ1n) is 9.32. The number of rotatable bonds is 8. The zero-order valence-electron chi connectivity index (χ0n) is 16.4. The summed E-state index contributed by atoms with van der Waals surface area (Å²) in [6, 6.07) is 5.73. The molecular weight excluding hydrogens is 332 g/mol. The molecule has 146 valence electrons. The van der Waals surface area contributed by atoms with E-state index >= 15 is 0 Å². The van der Waals surface area contributed by atoms with Crippen molar-refractivity contribution in [1.29, 1.82) is 0 Å². The lowest BCUT2D eigenvalue weighted by Gasteiger charge is -2.42. The van der Waals surface area contributed by atoms with Gasteiger partial charge < -0.3 is 19.5 Å². The van der Waals surface area contributed by atoms with E-state index in [1.807, 2.05) is 23.1 Å². The smallest absolute Gasteiger partial charge is 0.227 e. The third kappa shape index (κ3) is 5.35. The number of ether oxygens (including phenoxy) is 2. The number of carbonyl (C=O) groups is 1. The van der Waals surface area contributed by atoms with Crippen LogP contribution < -0.4 is 9.47 Å². The highest BCUT2D eigenvalue weighted by atomic mass is 16.5. The topological polar surface area (TPSA) is 62.2 Å². The van der Waals surface area contributed by atoms with Crippen LogP contribution >= 0.6 is 0 Å². The normalized spacial score (nSPS) is 18.2. The molecule has 0 bridgehead atoms. The maximum absolute atomic E-state index is 12.9. The molecule has 0 radical (unpaired) electrons. The van der Waals surface area contributed by atoms with Crippen molar-refractivity contribution in [3.63, 3.8) is 0 Å². The molecule has 1 saturated heterocycles. The summed E-state index contributed by atoms with van der Waals surface area (Å²) >= 11 is 0. The fourth-order valence-corrected chi connectivity index (χ4v) is 3.55. The molecule has 1 aromatic carbocycles. The molecule has 1 fully saturated rings. The Bertz CT molecular complexity index is 591. The van der Waals surface area contributed by atoms with Crippen molar-refractivity contribution < 1.29 is 19.4 Å². The van der Waals surface area contributed by atoms with Gasteiger partial charge in [0.15, 0.2) is 0 Å². The van der Waals surface area contributed by atoms with Crippen LogP contribution in [0.5, 0.6) is 11.5 Å². The lowest BCUT2D eigenvalue weighted by Crippen LogP contribution is -2.56. The molecule has 6 nitrogen and oxygen atoms in total. The Kier molecular flexibility index (Phi) is 7.72. The summed E-state index contributed by atoms with van der Waals surface area (Å²) in [6.07, 6.45) is 0.982. The minimum absolute atomic E-state index is 0.0867. The van der Waals surface area contributed by atoms with Crippen molar-refractivity contribution in [3.8, 4) is 11.5 Å². The second kappa shape index (κ2) is 9.78. The van der Waals surface area contributed by atoms with Crippen LogP contribution in [0, 0.1) is 5.92 Å². The van der Waals surface area contributed by atoms with Gasteiger partial charge in [0.2, 0.25) is 5.91 Å². The molecule has 1 N–H and O–H groups in total. The second-order valence-electron chi connectivity index (χ2n) is 7.25. The van der Waals surface area contributed by atoms with E-state index in [1.54, 1.807) is 14.2 Å². The number of amides is 1. The molecule has 0 aromatic heterocycles. The maximum Gasteiger partial charge on any atom is 0.227 e. The molecule has 0 spiro atoms. The Morgan fingerprint density at radius 1 is 1.27 bits per heavy atom.